The van der Waals surface area contributed by atoms with Crippen molar-refractivity contribution in [3.63, 3.8) is 0 Å². The fraction of sp³-hybridized carbons (Fsp3) is 0.765. The quantitative estimate of drug-likeness (QED) is 0.724. The largest absolute Gasteiger partial charge is 0.304 e. The molecule has 1 aromatic rings. The minimum atomic E-state index is 0.308. The molecule has 0 amide bonds. The van der Waals surface area contributed by atoms with Gasteiger partial charge in [0.2, 0.25) is 0 Å². The molecule has 0 aromatic carbocycles. The van der Waals surface area contributed by atoms with E-state index in [0.29, 0.717) is 17.0 Å². The molecule has 1 aliphatic heterocycles. The fourth-order valence-electron chi connectivity index (χ4n) is 4.18. The molecule has 1 fully saturated rings. The maximum Gasteiger partial charge on any atom is 0.0533 e. The first-order valence-corrected chi connectivity index (χ1v) is 8.63. The van der Waals surface area contributed by atoms with Crippen molar-refractivity contribution in [3.05, 3.63) is 21.9 Å². The molecule has 0 unspecified atom stereocenters. The predicted octanol–water partition coefficient (Wildman–Crippen LogP) is 4.71. The fourth-order valence-corrected chi connectivity index (χ4v) is 5.34. The Morgan fingerprint density at radius 3 is 2.58 bits per heavy atom. The molecule has 1 aromatic heterocycles. The third kappa shape index (κ3) is 2.38. The van der Waals surface area contributed by atoms with Crippen molar-refractivity contribution in [1.82, 2.24) is 5.32 Å². The molecule has 1 saturated carbocycles. The molecule has 1 N–H and O–H groups in total. The van der Waals surface area contributed by atoms with Gasteiger partial charge in [0.15, 0.2) is 0 Å². The minimum absolute atomic E-state index is 0.308. The third-order valence-electron chi connectivity index (χ3n) is 5.29. The zero-order valence-corrected chi connectivity index (χ0v) is 13.6. The highest BCUT2D eigenvalue weighted by molar-refractivity contribution is 7.10. The Morgan fingerprint density at radius 2 is 1.95 bits per heavy atom. The predicted molar refractivity (Wildman–Crippen MR) is 83.7 cm³/mol. The number of thiophene rings is 1. The molecule has 1 spiro atoms. The summed E-state index contributed by atoms with van der Waals surface area (Å²) in [6.07, 6.45) is 6.62. The Labute approximate surface area is 121 Å². The molecule has 0 radical (unpaired) electrons. The second kappa shape index (κ2) is 4.60. The van der Waals surface area contributed by atoms with Crippen molar-refractivity contribution >= 4 is 11.3 Å². The van der Waals surface area contributed by atoms with E-state index in [1.165, 1.54) is 32.1 Å². The molecule has 106 valence electrons. The molecule has 0 saturated heterocycles. The Bertz CT molecular complexity index is 446. The van der Waals surface area contributed by atoms with Crippen LogP contribution in [-0.2, 0) is 12.0 Å². The van der Waals surface area contributed by atoms with Crippen LogP contribution in [0.25, 0.3) is 0 Å². The van der Waals surface area contributed by atoms with Crippen LogP contribution in [0.1, 0.15) is 63.8 Å². The van der Waals surface area contributed by atoms with Gasteiger partial charge in [0.25, 0.3) is 0 Å². The van der Waals surface area contributed by atoms with Crippen LogP contribution in [0.3, 0.4) is 0 Å². The smallest absolute Gasteiger partial charge is 0.0533 e. The first-order valence-electron chi connectivity index (χ1n) is 7.75. The van der Waals surface area contributed by atoms with E-state index in [0.717, 1.165) is 5.92 Å². The molecule has 19 heavy (non-hydrogen) atoms. The van der Waals surface area contributed by atoms with Gasteiger partial charge in [-0.15, -0.1) is 11.3 Å². The second-order valence-corrected chi connectivity index (χ2v) is 8.66. The van der Waals surface area contributed by atoms with Crippen LogP contribution in [-0.4, -0.2) is 6.04 Å². The number of hydrogen-bond donors (Lipinski definition) is 1. The Balaban J connectivity index is 1.84. The van der Waals surface area contributed by atoms with E-state index in [1.54, 1.807) is 10.4 Å². The molecule has 1 atom stereocenters. The molecule has 2 heteroatoms. The first kappa shape index (κ1) is 13.6. The van der Waals surface area contributed by atoms with E-state index >= 15 is 0 Å². The van der Waals surface area contributed by atoms with Crippen LogP contribution in [0, 0.1) is 11.3 Å². The molecular weight excluding hydrogens is 250 g/mol. The molecule has 2 heterocycles. The molecule has 3 rings (SSSR count). The average molecular weight is 277 g/mol. The zero-order valence-electron chi connectivity index (χ0n) is 12.8. The molecule has 1 nitrogen and oxygen atoms in total. The van der Waals surface area contributed by atoms with Crippen molar-refractivity contribution in [1.29, 1.82) is 0 Å². The van der Waals surface area contributed by atoms with Gasteiger partial charge in [-0.1, -0.05) is 20.8 Å². The molecule has 2 aliphatic rings. The molecular formula is C17H27NS. The Kier molecular flexibility index (Phi) is 3.30. The minimum Gasteiger partial charge on any atom is -0.304 e. The van der Waals surface area contributed by atoms with Gasteiger partial charge in [0.1, 0.15) is 0 Å². The van der Waals surface area contributed by atoms with E-state index in [-0.39, 0.29) is 0 Å². The van der Waals surface area contributed by atoms with Gasteiger partial charge in [0, 0.05) is 10.9 Å². The van der Waals surface area contributed by atoms with Crippen LogP contribution in [0.4, 0.5) is 0 Å². The Morgan fingerprint density at radius 1 is 1.26 bits per heavy atom. The summed E-state index contributed by atoms with van der Waals surface area (Å²) in [4.78, 5) is 1.65. The van der Waals surface area contributed by atoms with Crippen molar-refractivity contribution in [2.45, 2.75) is 71.4 Å². The maximum absolute atomic E-state index is 3.96. The maximum atomic E-state index is 3.96. The van der Waals surface area contributed by atoms with Crippen molar-refractivity contribution in [2.75, 3.05) is 0 Å². The highest BCUT2D eigenvalue weighted by atomic mass is 32.1. The summed E-state index contributed by atoms with van der Waals surface area (Å²) < 4.78 is 0. The van der Waals surface area contributed by atoms with E-state index in [2.05, 4.69) is 44.5 Å². The second-order valence-electron chi connectivity index (χ2n) is 7.75. The summed E-state index contributed by atoms with van der Waals surface area (Å²) in [5, 5.41) is 6.25. The summed E-state index contributed by atoms with van der Waals surface area (Å²) in [7, 11) is 0. The summed E-state index contributed by atoms with van der Waals surface area (Å²) in [5.74, 6) is 0.889. The van der Waals surface area contributed by atoms with Gasteiger partial charge >= 0.3 is 0 Å². The highest BCUT2D eigenvalue weighted by Crippen LogP contribution is 2.49. The van der Waals surface area contributed by atoms with Crippen LogP contribution < -0.4 is 5.32 Å². The van der Waals surface area contributed by atoms with E-state index < -0.39 is 0 Å². The van der Waals surface area contributed by atoms with Gasteiger partial charge < -0.3 is 5.32 Å². The van der Waals surface area contributed by atoms with Gasteiger partial charge in [0.05, 0.1) is 5.54 Å². The van der Waals surface area contributed by atoms with Crippen molar-refractivity contribution in [2.24, 2.45) is 11.3 Å². The van der Waals surface area contributed by atoms with Crippen molar-refractivity contribution in [3.8, 4) is 0 Å². The highest BCUT2D eigenvalue weighted by Gasteiger charge is 2.44. The summed E-state index contributed by atoms with van der Waals surface area (Å²) in [6.45, 7) is 9.56. The van der Waals surface area contributed by atoms with Crippen LogP contribution >= 0.6 is 11.3 Å². The van der Waals surface area contributed by atoms with Gasteiger partial charge in [-0.2, -0.15) is 0 Å². The molecule has 0 bridgehead atoms. The summed E-state index contributed by atoms with van der Waals surface area (Å²) in [6, 6.07) is 2.99. The van der Waals surface area contributed by atoms with Crippen LogP contribution in [0.2, 0.25) is 0 Å². The van der Waals surface area contributed by atoms with Crippen LogP contribution in [0.5, 0.6) is 0 Å². The van der Waals surface area contributed by atoms with E-state index in [1.807, 2.05) is 11.3 Å². The van der Waals surface area contributed by atoms with E-state index in [9.17, 15) is 0 Å². The van der Waals surface area contributed by atoms with Crippen LogP contribution in [0.15, 0.2) is 11.4 Å². The normalized spacial score (nSPS) is 35.4. The number of hydrogen-bond acceptors (Lipinski definition) is 2. The SMILES string of the molecule is C[C@H]1Cc2ccsc2C2(CCC(C(C)(C)C)CC2)N1. The third-order valence-corrected chi connectivity index (χ3v) is 6.45. The lowest BCUT2D eigenvalue weighted by atomic mass is 9.65. The average Bonchev–Trinajstić information content (AvgIpc) is 2.77. The number of rotatable bonds is 0. The first-order chi connectivity index (χ1) is 8.91. The molecule has 1 aliphatic carbocycles. The van der Waals surface area contributed by atoms with Gasteiger partial charge in [-0.05, 0) is 67.4 Å². The van der Waals surface area contributed by atoms with E-state index in [4.69, 9.17) is 0 Å². The lowest BCUT2D eigenvalue weighted by Crippen LogP contribution is -2.53. The standard InChI is InChI=1S/C17H27NS/c1-12-11-13-7-10-19-15(13)17(18-12)8-5-14(6-9-17)16(2,3)4/h7,10,12,14,18H,5-6,8-9,11H2,1-4H3/t12-,14?,17?/m0/s1. The number of nitrogens with one attached hydrogen (secondary N) is 1. The topological polar surface area (TPSA) is 12.0 Å². The Hall–Kier alpha value is -0.340. The summed E-state index contributed by atoms with van der Waals surface area (Å²) in [5.41, 5.74) is 2.40. The lowest BCUT2D eigenvalue weighted by molar-refractivity contribution is 0.103. The number of fused-ring (bicyclic) bond motifs is 2. The van der Waals surface area contributed by atoms with Crippen molar-refractivity contribution < 1.29 is 0 Å². The zero-order chi connectivity index (χ0) is 13.7. The van der Waals surface area contributed by atoms with Gasteiger partial charge in [-0.3, -0.25) is 0 Å². The monoisotopic (exact) mass is 277 g/mol. The summed E-state index contributed by atoms with van der Waals surface area (Å²) >= 11 is 1.98. The lowest BCUT2D eigenvalue weighted by Gasteiger charge is -2.48. The van der Waals surface area contributed by atoms with Gasteiger partial charge in [-0.25, -0.2) is 0 Å².